The van der Waals surface area contributed by atoms with Crippen LogP contribution in [-0.2, 0) is 10.2 Å². The SMILES string of the molecule is CC1CCNCC1CNS(=O)(=O)N1CCCCC1. The van der Waals surface area contributed by atoms with E-state index in [4.69, 9.17) is 0 Å². The van der Waals surface area contributed by atoms with Crippen molar-refractivity contribution in [1.29, 1.82) is 0 Å². The topological polar surface area (TPSA) is 61.4 Å². The summed E-state index contributed by atoms with van der Waals surface area (Å²) < 4.78 is 28.6. The molecule has 0 aromatic rings. The van der Waals surface area contributed by atoms with Crippen molar-refractivity contribution in [2.24, 2.45) is 11.8 Å². The molecule has 0 bridgehead atoms. The number of piperidine rings is 2. The van der Waals surface area contributed by atoms with Gasteiger partial charge in [-0.3, -0.25) is 0 Å². The minimum absolute atomic E-state index is 0.415. The Bertz CT molecular complexity index is 352. The summed E-state index contributed by atoms with van der Waals surface area (Å²) in [5, 5.41) is 3.33. The van der Waals surface area contributed by atoms with Gasteiger partial charge in [0.15, 0.2) is 0 Å². The van der Waals surface area contributed by atoms with E-state index in [1.165, 1.54) is 0 Å². The van der Waals surface area contributed by atoms with Crippen LogP contribution in [0.4, 0.5) is 0 Å². The zero-order chi connectivity index (χ0) is 13.0. The van der Waals surface area contributed by atoms with Crippen molar-refractivity contribution in [3.8, 4) is 0 Å². The lowest BCUT2D eigenvalue weighted by Crippen LogP contribution is -2.47. The second-order valence-electron chi connectivity index (χ2n) is 5.54. The van der Waals surface area contributed by atoms with Gasteiger partial charge in [-0.25, -0.2) is 4.72 Å². The van der Waals surface area contributed by atoms with Gasteiger partial charge < -0.3 is 5.32 Å². The van der Waals surface area contributed by atoms with Gasteiger partial charge in [0.2, 0.25) is 0 Å². The molecule has 2 aliphatic rings. The van der Waals surface area contributed by atoms with Crippen molar-refractivity contribution >= 4 is 10.2 Å². The summed E-state index contributed by atoms with van der Waals surface area (Å²) in [7, 11) is -3.25. The molecule has 2 fully saturated rings. The van der Waals surface area contributed by atoms with Gasteiger partial charge in [-0.05, 0) is 44.2 Å². The summed E-state index contributed by atoms with van der Waals surface area (Å²) in [6.07, 6.45) is 4.26. The highest BCUT2D eigenvalue weighted by atomic mass is 32.2. The van der Waals surface area contributed by atoms with Gasteiger partial charge in [0.25, 0.3) is 10.2 Å². The molecule has 5 nitrogen and oxygen atoms in total. The number of hydrogen-bond donors (Lipinski definition) is 2. The molecule has 6 heteroatoms. The molecule has 2 heterocycles. The van der Waals surface area contributed by atoms with Crippen LogP contribution in [0.15, 0.2) is 0 Å². The second-order valence-corrected chi connectivity index (χ2v) is 7.30. The summed E-state index contributed by atoms with van der Waals surface area (Å²) in [5.74, 6) is 1.01. The molecule has 2 rings (SSSR count). The number of nitrogens with one attached hydrogen (secondary N) is 2. The molecule has 0 amide bonds. The smallest absolute Gasteiger partial charge is 0.279 e. The molecule has 2 aliphatic heterocycles. The first-order valence-electron chi connectivity index (χ1n) is 7.05. The standard InChI is InChI=1S/C12H25N3O2S/c1-11-5-6-13-9-12(11)10-14-18(16,17)15-7-3-2-4-8-15/h11-14H,2-10H2,1H3. The summed E-state index contributed by atoms with van der Waals surface area (Å²) in [5.41, 5.74) is 0. The molecule has 0 spiro atoms. The molecule has 0 aromatic carbocycles. The first kappa shape index (κ1) is 14.2. The van der Waals surface area contributed by atoms with Crippen molar-refractivity contribution in [3.63, 3.8) is 0 Å². The van der Waals surface area contributed by atoms with Crippen LogP contribution in [0.25, 0.3) is 0 Å². The average Bonchev–Trinajstić information content (AvgIpc) is 2.39. The van der Waals surface area contributed by atoms with Gasteiger partial charge in [0.1, 0.15) is 0 Å². The molecule has 0 radical (unpaired) electrons. The Kier molecular flexibility index (Phi) is 5.00. The minimum atomic E-state index is -3.25. The van der Waals surface area contributed by atoms with E-state index in [1.54, 1.807) is 4.31 Å². The van der Waals surface area contributed by atoms with Crippen LogP contribution in [0.3, 0.4) is 0 Å². The van der Waals surface area contributed by atoms with Crippen molar-refractivity contribution < 1.29 is 8.42 Å². The van der Waals surface area contributed by atoms with Crippen molar-refractivity contribution in [1.82, 2.24) is 14.3 Å². The fourth-order valence-corrected chi connectivity index (χ4v) is 4.08. The Morgan fingerprint density at radius 1 is 1.28 bits per heavy atom. The largest absolute Gasteiger partial charge is 0.316 e. The molecule has 0 aliphatic carbocycles. The summed E-state index contributed by atoms with van der Waals surface area (Å²) in [6.45, 7) is 6.09. The first-order chi connectivity index (χ1) is 8.59. The molecule has 2 unspecified atom stereocenters. The van der Waals surface area contributed by atoms with E-state index in [2.05, 4.69) is 17.0 Å². The second kappa shape index (κ2) is 6.32. The van der Waals surface area contributed by atoms with E-state index in [0.717, 1.165) is 38.8 Å². The van der Waals surface area contributed by atoms with E-state index in [0.29, 0.717) is 31.5 Å². The maximum absolute atomic E-state index is 12.1. The van der Waals surface area contributed by atoms with Gasteiger partial charge >= 0.3 is 0 Å². The van der Waals surface area contributed by atoms with Gasteiger partial charge in [0.05, 0.1) is 0 Å². The maximum atomic E-state index is 12.1. The maximum Gasteiger partial charge on any atom is 0.279 e. The third kappa shape index (κ3) is 3.66. The van der Waals surface area contributed by atoms with Gasteiger partial charge in [-0.15, -0.1) is 0 Å². The van der Waals surface area contributed by atoms with Crippen LogP contribution in [0.5, 0.6) is 0 Å². The number of hydrogen-bond acceptors (Lipinski definition) is 3. The molecule has 2 N–H and O–H groups in total. The van der Waals surface area contributed by atoms with Crippen LogP contribution in [0.2, 0.25) is 0 Å². The number of rotatable bonds is 4. The molecule has 0 aromatic heterocycles. The number of nitrogens with zero attached hydrogens (tertiary/aromatic N) is 1. The molecular formula is C12H25N3O2S. The summed E-state index contributed by atoms with van der Waals surface area (Å²) in [4.78, 5) is 0. The zero-order valence-electron chi connectivity index (χ0n) is 11.2. The summed E-state index contributed by atoms with van der Waals surface area (Å²) in [6, 6.07) is 0. The zero-order valence-corrected chi connectivity index (χ0v) is 12.0. The van der Waals surface area contributed by atoms with Crippen LogP contribution < -0.4 is 10.0 Å². The fourth-order valence-electron chi connectivity index (χ4n) is 2.74. The van der Waals surface area contributed by atoms with Crippen molar-refractivity contribution in [3.05, 3.63) is 0 Å². The predicted molar refractivity (Wildman–Crippen MR) is 72.5 cm³/mol. The molecule has 0 saturated carbocycles. The van der Waals surface area contributed by atoms with E-state index >= 15 is 0 Å². The van der Waals surface area contributed by atoms with Crippen LogP contribution >= 0.6 is 0 Å². The molecular weight excluding hydrogens is 250 g/mol. The Morgan fingerprint density at radius 2 is 2.00 bits per heavy atom. The third-order valence-corrected chi connectivity index (χ3v) is 5.75. The van der Waals surface area contributed by atoms with Gasteiger partial charge in [0, 0.05) is 19.6 Å². The van der Waals surface area contributed by atoms with E-state index in [-0.39, 0.29) is 0 Å². The Balaban J connectivity index is 1.84. The average molecular weight is 275 g/mol. The minimum Gasteiger partial charge on any atom is -0.316 e. The van der Waals surface area contributed by atoms with Gasteiger partial charge in [-0.1, -0.05) is 13.3 Å². The van der Waals surface area contributed by atoms with Crippen LogP contribution in [0.1, 0.15) is 32.6 Å². The third-order valence-electron chi connectivity index (χ3n) is 4.17. The fraction of sp³-hybridized carbons (Fsp3) is 1.00. The lowest BCUT2D eigenvalue weighted by atomic mass is 9.88. The predicted octanol–water partition coefficient (Wildman–Crippen LogP) is 0.552. The normalized spacial score (nSPS) is 31.4. The molecule has 2 atom stereocenters. The monoisotopic (exact) mass is 275 g/mol. The molecule has 2 saturated heterocycles. The highest BCUT2D eigenvalue weighted by Crippen LogP contribution is 2.18. The van der Waals surface area contributed by atoms with Crippen molar-refractivity contribution in [2.75, 3.05) is 32.7 Å². The van der Waals surface area contributed by atoms with E-state index < -0.39 is 10.2 Å². The lowest BCUT2D eigenvalue weighted by Gasteiger charge is -2.31. The van der Waals surface area contributed by atoms with Crippen molar-refractivity contribution in [2.45, 2.75) is 32.6 Å². The highest BCUT2D eigenvalue weighted by molar-refractivity contribution is 7.87. The lowest BCUT2D eigenvalue weighted by molar-refractivity contribution is 0.271. The molecule has 18 heavy (non-hydrogen) atoms. The van der Waals surface area contributed by atoms with Gasteiger partial charge in [-0.2, -0.15) is 12.7 Å². The van der Waals surface area contributed by atoms with E-state index in [1.807, 2.05) is 0 Å². The highest BCUT2D eigenvalue weighted by Gasteiger charge is 2.27. The molecule has 106 valence electrons. The Morgan fingerprint density at radius 3 is 2.67 bits per heavy atom. The quantitative estimate of drug-likeness (QED) is 0.788. The first-order valence-corrected chi connectivity index (χ1v) is 8.49. The Hall–Kier alpha value is -0.170. The van der Waals surface area contributed by atoms with Crippen LogP contribution in [-0.4, -0.2) is 45.4 Å². The van der Waals surface area contributed by atoms with Crippen LogP contribution in [0, 0.1) is 11.8 Å². The summed E-state index contributed by atoms with van der Waals surface area (Å²) >= 11 is 0. The van der Waals surface area contributed by atoms with E-state index in [9.17, 15) is 8.42 Å². The Labute approximate surface area is 110 Å².